The summed E-state index contributed by atoms with van der Waals surface area (Å²) in [6, 6.07) is 11.1. The first-order valence-electron chi connectivity index (χ1n) is 6.40. The highest BCUT2D eigenvalue weighted by molar-refractivity contribution is 7.99. The maximum atomic E-state index is 3.51. The Labute approximate surface area is 109 Å². The van der Waals surface area contributed by atoms with E-state index in [0.717, 1.165) is 11.8 Å². The Hall–Kier alpha value is -0.670. The van der Waals surface area contributed by atoms with E-state index in [9.17, 15) is 0 Å². The minimum atomic E-state index is 0.610. The number of hydrogen-bond acceptors (Lipinski definition) is 3. The van der Waals surface area contributed by atoms with Crippen molar-refractivity contribution in [1.29, 1.82) is 0 Å². The zero-order valence-corrected chi connectivity index (χ0v) is 11.5. The van der Waals surface area contributed by atoms with Gasteiger partial charge < -0.3 is 5.32 Å². The van der Waals surface area contributed by atoms with Gasteiger partial charge in [0.25, 0.3) is 0 Å². The first-order chi connectivity index (χ1) is 8.25. The summed E-state index contributed by atoms with van der Waals surface area (Å²) in [5, 5.41) is 4.29. The quantitative estimate of drug-likeness (QED) is 0.884. The summed E-state index contributed by atoms with van der Waals surface area (Å²) in [6.07, 6.45) is 0. The Kier molecular flexibility index (Phi) is 4.75. The highest BCUT2D eigenvalue weighted by Gasteiger charge is 2.20. The van der Waals surface area contributed by atoms with Crippen molar-refractivity contribution in [2.24, 2.45) is 0 Å². The average Bonchev–Trinajstić information content (AvgIpc) is 2.37. The van der Waals surface area contributed by atoms with Gasteiger partial charge in [-0.2, -0.15) is 11.8 Å². The van der Waals surface area contributed by atoms with E-state index in [1.165, 1.54) is 24.5 Å². The lowest BCUT2D eigenvalue weighted by Crippen LogP contribution is -2.45. The van der Waals surface area contributed by atoms with Gasteiger partial charge in [0, 0.05) is 42.4 Å². The van der Waals surface area contributed by atoms with Crippen molar-refractivity contribution in [1.82, 2.24) is 4.90 Å². The molecule has 2 atom stereocenters. The standard InChI is InChI=1S/C14H22N2S/c1-12(16-8-9-17-13(2)11-16)10-15-14-6-4-3-5-7-14/h3-7,12-13,15H,8-11H2,1-2H3. The van der Waals surface area contributed by atoms with Crippen molar-refractivity contribution < 1.29 is 0 Å². The predicted molar refractivity (Wildman–Crippen MR) is 77.9 cm³/mol. The molecular weight excluding hydrogens is 228 g/mol. The highest BCUT2D eigenvalue weighted by Crippen LogP contribution is 2.19. The van der Waals surface area contributed by atoms with E-state index < -0.39 is 0 Å². The van der Waals surface area contributed by atoms with Gasteiger partial charge in [0.2, 0.25) is 0 Å². The molecule has 1 aliphatic heterocycles. The van der Waals surface area contributed by atoms with E-state index >= 15 is 0 Å². The van der Waals surface area contributed by atoms with Crippen molar-refractivity contribution >= 4 is 17.4 Å². The minimum Gasteiger partial charge on any atom is -0.383 e. The van der Waals surface area contributed by atoms with E-state index in [-0.39, 0.29) is 0 Å². The number of hydrogen-bond donors (Lipinski definition) is 1. The monoisotopic (exact) mass is 250 g/mol. The van der Waals surface area contributed by atoms with Crippen LogP contribution in [0.2, 0.25) is 0 Å². The summed E-state index contributed by atoms with van der Waals surface area (Å²) in [6.45, 7) is 8.13. The van der Waals surface area contributed by atoms with E-state index in [4.69, 9.17) is 0 Å². The number of nitrogens with one attached hydrogen (secondary N) is 1. The molecule has 2 nitrogen and oxygen atoms in total. The average molecular weight is 250 g/mol. The molecule has 1 fully saturated rings. The Morgan fingerprint density at radius 2 is 2.18 bits per heavy atom. The zero-order chi connectivity index (χ0) is 12.1. The fraction of sp³-hybridized carbons (Fsp3) is 0.571. The van der Waals surface area contributed by atoms with Gasteiger partial charge in [-0.1, -0.05) is 25.1 Å². The van der Waals surface area contributed by atoms with Crippen LogP contribution in [0, 0.1) is 0 Å². The number of nitrogens with zero attached hydrogens (tertiary/aromatic N) is 1. The number of para-hydroxylation sites is 1. The Balaban J connectivity index is 1.79. The van der Waals surface area contributed by atoms with Gasteiger partial charge in [-0.05, 0) is 19.1 Å². The van der Waals surface area contributed by atoms with E-state index in [1.54, 1.807) is 0 Å². The normalized spacial score (nSPS) is 23.3. The van der Waals surface area contributed by atoms with Crippen molar-refractivity contribution in [3.63, 3.8) is 0 Å². The van der Waals surface area contributed by atoms with Crippen molar-refractivity contribution in [2.45, 2.75) is 25.1 Å². The third-order valence-electron chi connectivity index (χ3n) is 3.27. The lowest BCUT2D eigenvalue weighted by Gasteiger charge is -2.35. The van der Waals surface area contributed by atoms with Gasteiger partial charge in [-0.3, -0.25) is 4.90 Å². The smallest absolute Gasteiger partial charge is 0.0340 e. The summed E-state index contributed by atoms with van der Waals surface area (Å²) in [7, 11) is 0. The molecule has 17 heavy (non-hydrogen) atoms. The lowest BCUT2D eigenvalue weighted by atomic mass is 10.2. The molecular formula is C14H22N2S. The third-order valence-corrected chi connectivity index (χ3v) is 4.41. The topological polar surface area (TPSA) is 15.3 Å². The molecule has 0 radical (unpaired) electrons. The second kappa shape index (κ2) is 6.31. The van der Waals surface area contributed by atoms with Crippen LogP contribution in [0.3, 0.4) is 0 Å². The second-order valence-electron chi connectivity index (χ2n) is 4.77. The molecule has 94 valence electrons. The molecule has 0 bridgehead atoms. The molecule has 1 heterocycles. The summed E-state index contributed by atoms with van der Waals surface area (Å²) in [5.74, 6) is 1.27. The number of thioether (sulfide) groups is 1. The summed E-state index contributed by atoms with van der Waals surface area (Å²) in [4.78, 5) is 2.59. The molecule has 0 spiro atoms. The second-order valence-corrected chi connectivity index (χ2v) is 6.32. The lowest BCUT2D eigenvalue weighted by molar-refractivity contribution is 0.227. The first-order valence-corrected chi connectivity index (χ1v) is 7.45. The maximum Gasteiger partial charge on any atom is 0.0340 e. The predicted octanol–water partition coefficient (Wildman–Crippen LogP) is 2.92. The van der Waals surface area contributed by atoms with Gasteiger partial charge in [0.1, 0.15) is 0 Å². The fourth-order valence-electron chi connectivity index (χ4n) is 2.20. The van der Waals surface area contributed by atoms with Crippen LogP contribution in [0.15, 0.2) is 30.3 Å². The van der Waals surface area contributed by atoms with E-state index in [2.05, 4.69) is 66.2 Å². The maximum absolute atomic E-state index is 3.51. The highest BCUT2D eigenvalue weighted by atomic mass is 32.2. The van der Waals surface area contributed by atoms with Crippen LogP contribution in [0.5, 0.6) is 0 Å². The van der Waals surface area contributed by atoms with Crippen LogP contribution >= 0.6 is 11.8 Å². The third kappa shape index (κ3) is 3.93. The number of benzene rings is 1. The van der Waals surface area contributed by atoms with Crippen LogP contribution in [0.1, 0.15) is 13.8 Å². The number of rotatable bonds is 4. The Bertz CT molecular complexity index is 328. The summed E-state index contributed by atoms with van der Waals surface area (Å²) >= 11 is 2.09. The molecule has 2 unspecified atom stereocenters. The fourth-order valence-corrected chi connectivity index (χ4v) is 3.24. The van der Waals surface area contributed by atoms with Crippen LogP contribution in [-0.4, -0.2) is 41.6 Å². The Morgan fingerprint density at radius 1 is 1.41 bits per heavy atom. The van der Waals surface area contributed by atoms with Gasteiger partial charge >= 0.3 is 0 Å². The molecule has 0 aromatic heterocycles. The molecule has 0 aliphatic carbocycles. The van der Waals surface area contributed by atoms with Crippen molar-refractivity contribution in [3.8, 4) is 0 Å². The van der Waals surface area contributed by atoms with Gasteiger partial charge in [-0.25, -0.2) is 0 Å². The van der Waals surface area contributed by atoms with Crippen molar-refractivity contribution in [3.05, 3.63) is 30.3 Å². The van der Waals surface area contributed by atoms with Crippen LogP contribution in [-0.2, 0) is 0 Å². The molecule has 1 aromatic carbocycles. The molecule has 0 amide bonds. The minimum absolute atomic E-state index is 0.610. The first kappa shape index (κ1) is 12.8. The molecule has 1 saturated heterocycles. The van der Waals surface area contributed by atoms with Crippen LogP contribution < -0.4 is 5.32 Å². The van der Waals surface area contributed by atoms with E-state index in [0.29, 0.717) is 6.04 Å². The Morgan fingerprint density at radius 3 is 2.88 bits per heavy atom. The van der Waals surface area contributed by atoms with Gasteiger partial charge in [0.15, 0.2) is 0 Å². The van der Waals surface area contributed by atoms with Gasteiger partial charge in [0.05, 0.1) is 0 Å². The largest absolute Gasteiger partial charge is 0.383 e. The molecule has 1 aliphatic rings. The summed E-state index contributed by atoms with van der Waals surface area (Å²) in [5.41, 5.74) is 1.22. The summed E-state index contributed by atoms with van der Waals surface area (Å²) < 4.78 is 0. The molecule has 3 heteroatoms. The van der Waals surface area contributed by atoms with Crippen LogP contribution in [0.25, 0.3) is 0 Å². The van der Waals surface area contributed by atoms with Crippen molar-refractivity contribution in [2.75, 3.05) is 30.7 Å². The molecule has 1 N–H and O–H groups in total. The zero-order valence-electron chi connectivity index (χ0n) is 10.7. The molecule has 0 saturated carbocycles. The SMILES string of the molecule is CC1CN(C(C)CNc2ccccc2)CCS1. The van der Waals surface area contributed by atoms with Crippen LogP contribution in [0.4, 0.5) is 5.69 Å². The molecule has 2 rings (SSSR count). The van der Waals surface area contributed by atoms with Gasteiger partial charge in [-0.15, -0.1) is 0 Å². The molecule has 1 aromatic rings. The number of anilines is 1. The van der Waals surface area contributed by atoms with E-state index in [1.807, 2.05) is 0 Å².